The van der Waals surface area contributed by atoms with Gasteiger partial charge in [0.2, 0.25) is 5.91 Å². The van der Waals surface area contributed by atoms with Gasteiger partial charge in [-0.1, -0.05) is 0 Å². The summed E-state index contributed by atoms with van der Waals surface area (Å²) in [4.78, 5) is 14.8. The lowest BCUT2D eigenvalue weighted by atomic mass is 10.0. The maximum atomic E-state index is 10.6. The number of hydrogen-bond donors (Lipinski definition) is 3. The first-order valence-corrected chi connectivity index (χ1v) is 4.99. The van der Waals surface area contributed by atoms with Crippen LogP contribution in [0.5, 0.6) is 0 Å². The minimum absolute atomic E-state index is 0.262. The molecule has 88 valence electrons. The van der Waals surface area contributed by atoms with Gasteiger partial charge in [-0.3, -0.25) is 9.78 Å². The van der Waals surface area contributed by atoms with Crippen LogP contribution in [0.15, 0.2) is 12.1 Å². The lowest BCUT2D eigenvalue weighted by molar-refractivity contribution is -0.121. The zero-order valence-corrected chi connectivity index (χ0v) is 9.34. The van der Waals surface area contributed by atoms with Gasteiger partial charge in [0.05, 0.1) is 12.5 Å². The second kappa shape index (κ2) is 5.05. The molecule has 0 bridgehead atoms. The monoisotopic (exact) mass is 224 g/mol. The number of rotatable bonds is 4. The van der Waals surface area contributed by atoms with Gasteiger partial charge in [-0.25, -0.2) is 0 Å². The number of pyridine rings is 1. The molecule has 1 aromatic heterocycles. The molecule has 1 rings (SSSR count). The van der Waals surface area contributed by atoms with E-state index in [0.29, 0.717) is 5.56 Å². The number of carbonyl (C=O) groups is 1. The van der Waals surface area contributed by atoms with Gasteiger partial charge >= 0.3 is 0 Å². The van der Waals surface area contributed by atoms with Crippen LogP contribution in [0.4, 0.5) is 0 Å². The number of aliphatic hydroxyl groups is 2. The minimum atomic E-state index is -1.18. The highest BCUT2D eigenvalue weighted by molar-refractivity contribution is 5.74. The largest absolute Gasteiger partial charge is 0.390 e. The average molecular weight is 224 g/mol. The van der Waals surface area contributed by atoms with Crippen LogP contribution in [0.2, 0.25) is 0 Å². The summed E-state index contributed by atoms with van der Waals surface area (Å²) in [7, 11) is 0. The Bertz CT molecular complexity index is 373. The highest BCUT2D eigenvalue weighted by atomic mass is 16.3. The molecular formula is C11H16N2O3. The highest BCUT2D eigenvalue weighted by Crippen LogP contribution is 2.20. The van der Waals surface area contributed by atoms with Gasteiger partial charge in [0.25, 0.3) is 0 Å². The number of aromatic nitrogens is 1. The standard InChI is InChI=1S/C11H16N2O3/c1-6-3-8(4-7(2)13-6)11(16)9(14)5-10(12)15/h3-4,9,11,14,16H,5H2,1-2H3,(H2,12,15). The van der Waals surface area contributed by atoms with E-state index in [1.165, 1.54) is 0 Å². The van der Waals surface area contributed by atoms with Crippen molar-refractivity contribution >= 4 is 5.91 Å². The zero-order chi connectivity index (χ0) is 12.3. The third-order valence-electron chi connectivity index (χ3n) is 2.22. The molecule has 0 aliphatic rings. The summed E-state index contributed by atoms with van der Waals surface area (Å²) in [6, 6.07) is 3.34. The molecule has 0 saturated heterocycles. The number of primary amides is 1. The van der Waals surface area contributed by atoms with Crippen LogP contribution >= 0.6 is 0 Å². The number of nitrogens with two attached hydrogens (primary N) is 1. The van der Waals surface area contributed by atoms with E-state index in [4.69, 9.17) is 5.73 Å². The second-order valence-electron chi connectivity index (χ2n) is 3.87. The molecule has 1 amide bonds. The van der Waals surface area contributed by atoms with Crippen LogP contribution in [0.3, 0.4) is 0 Å². The number of amides is 1. The Hall–Kier alpha value is -1.46. The molecule has 5 nitrogen and oxygen atoms in total. The molecule has 0 aliphatic heterocycles. The van der Waals surface area contributed by atoms with E-state index in [2.05, 4.69) is 4.98 Å². The van der Waals surface area contributed by atoms with Crippen molar-refractivity contribution in [2.45, 2.75) is 32.5 Å². The fourth-order valence-corrected chi connectivity index (χ4v) is 1.58. The van der Waals surface area contributed by atoms with E-state index in [1.54, 1.807) is 26.0 Å². The molecule has 5 heteroatoms. The predicted molar refractivity (Wildman–Crippen MR) is 58.5 cm³/mol. The van der Waals surface area contributed by atoms with Crippen molar-refractivity contribution in [2.75, 3.05) is 0 Å². The Labute approximate surface area is 93.9 Å². The maximum absolute atomic E-state index is 10.6. The van der Waals surface area contributed by atoms with E-state index >= 15 is 0 Å². The first-order chi connectivity index (χ1) is 7.40. The Morgan fingerprint density at radius 3 is 2.31 bits per heavy atom. The molecule has 0 spiro atoms. The SMILES string of the molecule is Cc1cc(C(O)C(O)CC(N)=O)cc(C)n1. The smallest absolute Gasteiger partial charge is 0.220 e. The van der Waals surface area contributed by atoms with E-state index in [-0.39, 0.29) is 6.42 Å². The average Bonchev–Trinajstić information content (AvgIpc) is 2.13. The molecule has 16 heavy (non-hydrogen) atoms. The Kier molecular flexibility index (Phi) is 3.98. The van der Waals surface area contributed by atoms with Crippen molar-refractivity contribution < 1.29 is 15.0 Å². The highest BCUT2D eigenvalue weighted by Gasteiger charge is 2.20. The van der Waals surface area contributed by atoms with Gasteiger partial charge in [0.15, 0.2) is 0 Å². The first kappa shape index (κ1) is 12.6. The third-order valence-corrected chi connectivity index (χ3v) is 2.22. The molecule has 1 heterocycles. The van der Waals surface area contributed by atoms with Crippen molar-refractivity contribution in [1.82, 2.24) is 4.98 Å². The van der Waals surface area contributed by atoms with Crippen molar-refractivity contribution in [3.05, 3.63) is 29.1 Å². The van der Waals surface area contributed by atoms with Crippen LogP contribution in [0.1, 0.15) is 29.5 Å². The topological polar surface area (TPSA) is 96.4 Å². The van der Waals surface area contributed by atoms with Crippen molar-refractivity contribution in [1.29, 1.82) is 0 Å². The van der Waals surface area contributed by atoms with Crippen molar-refractivity contribution in [3.63, 3.8) is 0 Å². The van der Waals surface area contributed by atoms with Crippen LogP contribution < -0.4 is 5.73 Å². The van der Waals surface area contributed by atoms with Crippen molar-refractivity contribution in [3.8, 4) is 0 Å². The summed E-state index contributed by atoms with van der Waals surface area (Å²) in [5, 5.41) is 19.4. The Morgan fingerprint density at radius 1 is 1.38 bits per heavy atom. The normalized spacial score (nSPS) is 14.5. The van der Waals surface area contributed by atoms with Gasteiger partial charge in [0.1, 0.15) is 6.10 Å². The maximum Gasteiger partial charge on any atom is 0.220 e. The molecule has 0 saturated carbocycles. The van der Waals surface area contributed by atoms with Crippen molar-refractivity contribution in [2.24, 2.45) is 5.73 Å². The predicted octanol–water partition coefficient (Wildman–Crippen LogP) is -0.0319. The molecule has 0 aliphatic carbocycles. The Morgan fingerprint density at radius 2 is 1.88 bits per heavy atom. The summed E-state index contributed by atoms with van der Waals surface area (Å²) >= 11 is 0. The summed E-state index contributed by atoms with van der Waals surface area (Å²) < 4.78 is 0. The fraction of sp³-hybridized carbons (Fsp3) is 0.455. The zero-order valence-electron chi connectivity index (χ0n) is 9.34. The van der Waals surface area contributed by atoms with E-state index in [1.807, 2.05) is 0 Å². The van der Waals surface area contributed by atoms with Crippen LogP contribution in [-0.4, -0.2) is 27.2 Å². The minimum Gasteiger partial charge on any atom is -0.390 e. The second-order valence-corrected chi connectivity index (χ2v) is 3.87. The summed E-state index contributed by atoms with van der Waals surface area (Å²) in [5.74, 6) is -0.644. The molecule has 0 radical (unpaired) electrons. The molecule has 0 fully saturated rings. The quantitative estimate of drug-likeness (QED) is 0.669. The molecule has 2 atom stereocenters. The van der Waals surface area contributed by atoms with E-state index < -0.39 is 18.1 Å². The first-order valence-electron chi connectivity index (χ1n) is 4.99. The fourth-order valence-electron chi connectivity index (χ4n) is 1.58. The van der Waals surface area contributed by atoms with Gasteiger partial charge in [-0.15, -0.1) is 0 Å². The molecule has 1 aromatic rings. The summed E-state index contributed by atoms with van der Waals surface area (Å²) in [5.41, 5.74) is 6.99. The molecule has 2 unspecified atom stereocenters. The van der Waals surface area contributed by atoms with Gasteiger partial charge in [-0.2, -0.15) is 0 Å². The lowest BCUT2D eigenvalue weighted by Gasteiger charge is -2.17. The molecule has 4 N–H and O–H groups in total. The van der Waals surface area contributed by atoms with Gasteiger partial charge in [-0.05, 0) is 31.5 Å². The van der Waals surface area contributed by atoms with Crippen LogP contribution in [0.25, 0.3) is 0 Å². The van der Waals surface area contributed by atoms with Gasteiger partial charge < -0.3 is 15.9 Å². The van der Waals surface area contributed by atoms with Crippen LogP contribution in [-0.2, 0) is 4.79 Å². The lowest BCUT2D eigenvalue weighted by Crippen LogP contribution is -2.25. The number of nitrogens with zero attached hydrogens (tertiary/aromatic N) is 1. The molecule has 0 aromatic carbocycles. The number of aryl methyl sites for hydroxylation is 2. The van der Waals surface area contributed by atoms with E-state index in [9.17, 15) is 15.0 Å². The third kappa shape index (κ3) is 3.29. The summed E-state index contributed by atoms with van der Waals surface area (Å²) in [6.45, 7) is 3.59. The number of aliphatic hydroxyl groups excluding tert-OH is 2. The van der Waals surface area contributed by atoms with Crippen LogP contribution in [0, 0.1) is 13.8 Å². The molecular weight excluding hydrogens is 208 g/mol. The van der Waals surface area contributed by atoms with Gasteiger partial charge in [0, 0.05) is 11.4 Å². The number of hydrogen-bond acceptors (Lipinski definition) is 4. The van der Waals surface area contributed by atoms with E-state index in [0.717, 1.165) is 11.4 Å². The number of carbonyl (C=O) groups excluding carboxylic acids is 1. The Balaban J connectivity index is 2.86. The summed E-state index contributed by atoms with van der Waals surface area (Å²) in [6.07, 6.45) is -2.56.